The Labute approximate surface area is 207 Å². The number of carbonyl (C=O) groups excluding carboxylic acids is 1. The summed E-state index contributed by atoms with van der Waals surface area (Å²) >= 11 is 1.73. The minimum absolute atomic E-state index is 0.0518. The molecule has 1 amide bonds. The van der Waals surface area contributed by atoms with Crippen LogP contribution >= 0.6 is 11.3 Å². The van der Waals surface area contributed by atoms with E-state index in [-0.39, 0.29) is 31.2 Å². The number of carbonyl (C=O) groups is 1. The van der Waals surface area contributed by atoms with Gasteiger partial charge in [0.1, 0.15) is 6.61 Å². The topological polar surface area (TPSA) is 71.5 Å². The molecule has 1 aliphatic rings. The lowest BCUT2D eigenvalue weighted by Gasteiger charge is -2.37. The van der Waals surface area contributed by atoms with E-state index < -0.39 is 6.10 Å². The summed E-state index contributed by atoms with van der Waals surface area (Å²) in [6, 6.07) is 9.51. The second-order valence-electron chi connectivity index (χ2n) is 8.88. The zero-order valence-electron chi connectivity index (χ0n) is 20.7. The number of para-hydroxylation sites is 2. The largest absolute Gasteiger partial charge is 0.493 e. The van der Waals surface area contributed by atoms with Crippen LogP contribution in [0.2, 0.25) is 0 Å². The van der Waals surface area contributed by atoms with Gasteiger partial charge in [0.25, 0.3) is 0 Å². The molecule has 1 N–H and O–H groups in total. The van der Waals surface area contributed by atoms with Gasteiger partial charge >= 0.3 is 0 Å². The summed E-state index contributed by atoms with van der Waals surface area (Å²) in [7, 11) is 1.62. The molecule has 0 saturated carbocycles. The number of fused-ring (bicyclic) bond motifs is 1. The quantitative estimate of drug-likeness (QED) is 0.461. The fourth-order valence-electron chi connectivity index (χ4n) is 4.27. The Balaban J connectivity index is 1.70. The molecule has 1 aliphatic heterocycles. The monoisotopic (exact) mass is 490 g/mol. The van der Waals surface area contributed by atoms with Gasteiger partial charge in [0.2, 0.25) is 5.91 Å². The number of methoxy groups -OCH3 is 1. The van der Waals surface area contributed by atoms with Gasteiger partial charge in [0, 0.05) is 18.0 Å². The highest BCUT2D eigenvalue weighted by Gasteiger charge is 2.33. The molecule has 2 heterocycles. The van der Waals surface area contributed by atoms with Crippen molar-refractivity contribution in [2.24, 2.45) is 0 Å². The van der Waals surface area contributed by atoms with Crippen molar-refractivity contribution in [1.29, 1.82) is 0 Å². The number of aliphatic hydroxyl groups is 1. The highest BCUT2D eigenvalue weighted by Crippen LogP contribution is 2.35. The smallest absolute Gasteiger partial charge is 0.237 e. The minimum atomic E-state index is -0.628. The summed E-state index contributed by atoms with van der Waals surface area (Å²) in [5, 5.41) is 12.5. The molecule has 0 saturated heterocycles. The van der Waals surface area contributed by atoms with E-state index >= 15 is 0 Å². The van der Waals surface area contributed by atoms with Gasteiger partial charge in [-0.15, -0.1) is 11.3 Å². The Morgan fingerprint density at radius 3 is 2.74 bits per heavy atom. The molecule has 2 atom stereocenters. The number of aliphatic hydroxyl groups excluding tert-OH is 1. The molecule has 0 radical (unpaired) electrons. The summed E-state index contributed by atoms with van der Waals surface area (Å²) < 4.78 is 17.1. The third-order valence-corrected chi connectivity index (χ3v) is 6.87. The van der Waals surface area contributed by atoms with Crippen LogP contribution in [0.1, 0.15) is 43.7 Å². The first kappa shape index (κ1) is 26.5. The number of ether oxygens (including phenoxy) is 3. The highest BCUT2D eigenvalue weighted by atomic mass is 32.1. The lowest BCUT2D eigenvalue weighted by Crippen LogP contribution is -2.48. The molecule has 1 aromatic heterocycles. The van der Waals surface area contributed by atoms with Gasteiger partial charge in [-0.05, 0) is 62.4 Å². The fraction of sp³-hybridized carbons (Fsp3) is 0.577. The maximum atomic E-state index is 13.5. The van der Waals surface area contributed by atoms with Crippen molar-refractivity contribution in [1.82, 2.24) is 9.80 Å². The molecule has 3 rings (SSSR count). The van der Waals surface area contributed by atoms with E-state index in [9.17, 15) is 9.90 Å². The number of thiophene rings is 1. The molecule has 0 fully saturated rings. The van der Waals surface area contributed by atoms with E-state index in [1.54, 1.807) is 18.4 Å². The first-order chi connectivity index (χ1) is 16.4. The van der Waals surface area contributed by atoms with Crippen LogP contribution in [0.3, 0.4) is 0 Å². The maximum Gasteiger partial charge on any atom is 0.237 e. The van der Waals surface area contributed by atoms with E-state index in [4.69, 9.17) is 14.2 Å². The molecular weight excluding hydrogens is 452 g/mol. The number of hydrogen-bond donors (Lipinski definition) is 1. The Bertz CT molecular complexity index is 903. The first-order valence-electron chi connectivity index (χ1n) is 12.1. The van der Waals surface area contributed by atoms with Crippen LogP contribution < -0.4 is 9.47 Å². The number of hydrogen-bond acceptors (Lipinski definition) is 7. The van der Waals surface area contributed by atoms with Crippen LogP contribution in [0.4, 0.5) is 0 Å². The number of amides is 1. The average Bonchev–Trinajstić information content (AvgIpc) is 3.30. The average molecular weight is 491 g/mol. The second-order valence-corrected chi connectivity index (χ2v) is 9.89. The normalized spacial score (nSPS) is 16.6. The lowest BCUT2D eigenvalue weighted by atomic mass is 10.0. The van der Waals surface area contributed by atoms with Crippen molar-refractivity contribution in [3.63, 3.8) is 0 Å². The van der Waals surface area contributed by atoms with Crippen molar-refractivity contribution >= 4 is 17.2 Å². The van der Waals surface area contributed by atoms with Gasteiger partial charge in [0.05, 0.1) is 38.5 Å². The zero-order chi connectivity index (χ0) is 24.5. The second kappa shape index (κ2) is 13.1. The molecule has 2 aromatic rings. The van der Waals surface area contributed by atoms with Gasteiger partial charge in [-0.3, -0.25) is 9.69 Å². The Kier molecular flexibility index (Phi) is 10.2. The van der Waals surface area contributed by atoms with Crippen LogP contribution in [0, 0.1) is 0 Å². The summed E-state index contributed by atoms with van der Waals surface area (Å²) in [4.78, 5) is 18.8. The van der Waals surface area contributed by atoms with Crippen molar-refractivity contribution in [3.05, 3.63) is 46.2 Å². The molecule has 0 spiro atoms. The Morgan fingerprint density at radius 2 is 2.03 bits per heavy atom. The van der Waals surface area contributed by atoms with Gasteiger partial charge in [-0.2, -0.15) is 0 Å². The van der Waals surface area contributed by atoms with E-state index in [1.165, 1.54) is 4.88 Å². The molecule has 0 bridgehead atoms. The third kappa shape index (κ3) is 7.18. The molecule has 1 aromatic carbocycles. The van der Waals surface area contributed by atoms with Crippen LogP contribution in [0.15, 0.2) is 35.7 Å². The zero-order valence-corrected chi connectivity index (χ0v) is 21.6. The van der Waals surface area contributed by atoms with Crippen LogP contribution in [-0.2, 0) is 16.0 Å². The van der Waals surface area contributed by atoms with Crippen LogP contribution in [0.5, 0.6) is 11.5 Å². The lowest BCUT2D eigenvalue weighted by molar-refractivity contribution is -0.136. The third-order valence-electron chi connectivity index (χ3n) is 5.87. The fourth-order valence-corrected chi connectivity index (χ4v) is 5.20. The molecule has 188 valence electrons. The Morgan fingerprint density at radius 1 is 1.26 bits per heavy atom. The first-order valence-corrected chi connectivity index (χ1v) is 12.9. The predicted octanol–water partition coefficient (Wildman–Crippen LogP) is 3.76. The standard InChI is InChI=1S/C26H38N2O5S/c1-5-12-27(15-20(29)17-32-19(2)3)16-26(30)28-13-10-25-21(11-14-34-25)22(28)18-33-24-9-7-6-8-23(24)31-4/h6-9,11,14,19-20,22,29H,5,10,12-13,15-18H2,1-4H3/t20-,22-/m0/s1. The molecule has 0 aliphatic carbocycles. The van der Waals surface area contributed by atoms with Crippen molar-refractivity contribution in [2.75, 3.05) is 46.5 Å². The van der Waals surface area contributed by atoms with E-state index in [0.29, 0.717) is 31.2 Å². The van der Waals surface area contributed by atoms with Gasteiger partial charge in [-0.25, -0.2) is 0 Å². The minimum Gasteiger partial charge on any atom is -0.493 e. The van der Waals surface area contributed by atoms with Crippen LogP contribution in [0.25, 0.3) is 0 Å². The summed E-state index contributed by atoms with van der Waals surface area (Å²) in [6.07, 6.45) is 1.19. The van der Waals surface area contributed by atoms with Gasteiger partial charge < -0.3 is 24.2 Å². The van der Waals surface area contributed by atoms with Crippen molar-refractivity contribution in [2.45, 2.75) is 51.9 Å². The van der Waals surface area contributed by atoms with E-state index in [1.807, 2.05) is 47.9 Å². The summed E-state index contributed by atoms with van der Waals surface area (Å²) in [5.74, 6) is 1.39. The molecule has 8 heteroatoms. The predicted molar refractivity (Wildman–Crippen MR) is 135 cm³/mol. The SMILES string of the molecule is CCCN(CC(=O)N1CCc2sccc2[C@@H]1COc1ccccc1OC)C[C@H](O)COC(C)C. The maximum absolute atomic E-state index is 13.5. The molecular formula is C26H38N2O5S. The highest BCUT2D eigenvalue weighted by molar-refractivity contribution is 7.10. The van der Waals surface area contributed by atoms with Crippen molar-refractivity contribution in [3.8, 4) is 11.5 Å². The van der Waals surface area contributed by atoms with E-state index in [2.05, 4.69) is 18.4 Å². The number of rotatable bonds is 13. The number of nitrogens with zero attached hydrogens (tertiary/aromatic N) is 2. The summed E-state index contributed by atoms with van der Waals surface area (Å²) in [6.45, 7) is 8.67. The number of benzene rings is 1. The molecule has 34 heavy (non-hydrogen) atoms. The van der Waals surface area contributed by atoms with E-state index in [0.717, 1.165) is 24.9 Å². The molecule has 0 unspecified atom stereocenters. The Hall–Kier alpha value is -2.13. The molecule has 7 nitrogen and oxygen atoms in total. The van der Waals surface area contributed by atoms with Gasteiger partial charge in [-0.1, -0.05) is 19.1 Å². The van der Waals surface area contributed by atoms with Gasteiger partial charge in [0.15, 0.2) is 11.5 Å². The van der Waals surface area contributed by atoms with Crippen LogP contribution in [-0.4, -0.2) is 79.5 Å². The summed E-state index contributed by atoms with van der Waals surface area (Å²) in [5.41, 5.74) is 1.16. The van der Waals surface area contributed by atoms with Crippen molar-refractivity contribution < 1.29 is 24.1 Å².